The highest BCUT2D eigenvalue weighted by atomic mass is 35.5. The minimum absolute atomic E-state index is 0.131. The van der Waals surface area contributed by atoms with Gasteiger partial charge in [-0.05, 0) is 54.2 Å². The highest BCUT2D eigenvalue weighted by Crippen LogP contribution is 2.31. The van der Waals surface area contributed by atoms with Gasteiger partial charge in [0, 0.05) is 30.9 Å². The van der Waals surface area contributed by atoms with Crippen LogP contribution in [0.2, 0.25) is 5.02 Å². The number of anilines is 1. The van der Waals surface area contributed by atoms with Gasteiger partial charge in [0.25, 0.3) is 0 Å². The first kappa shape index (κ1) is 17.3. The molecule has 1 saturated heterocycles. The summed E-state index contributed by atoms with van der Waals surface area (Å²) in [7, 11) is 1.97. The number of aryl methyl sites for hydroxylation is 1. The van der Waals surface area contributed by atoms with Crippen LogP contribution in [0, 0.1) is 12.8 Å². The summed E-state index contributed by atoms with van der Waals surface area (Å²) >= 11 is 6.16. The monoisotopic (exact) mass is 344 g/mol. The average molecular weight is 345 g/mol. The van der Waals surface area contributed by atoms with E-state index in [2.05, 4.69) is 47.9 Å². The number of hydrogen-bond donors (Lipinski definition) is 2. The average Bonchev–Trinajstić information content (AvgIpc) is 3.10. The Balaban J connectivity index is 1.93. The number of hydrogen-bond acceptors (Lipinski definition) is 3. The van der Waals surface area contributed by atoms with Crippen LogP contribution in [0.5, 0.6) is 0 Å². The molecule has 3 rings (SSSR count). The van der Waals surface area contributed by atoms with Crippen molar-refractivity contribution < 1.29 is 4.74 Å². The summed E-state index contributed by atoms with van der Waals surface area (Å²) in [5.41, 5.74) is 4.87. The van der Waals surface area contributed by atoms with Gasteiger partial charge in [-0.25, -0.2) is 0 Å². The lowest BCUT2D eigenvalue weighted by Gasteiger charge is -2.25. The molecule has 2 N–H and O–H groups in total. The van der Waals surface area contributed by atoms with Crippen LogP contribution >= 0.6 is 11.6 Å². The summed E-state index contributed by atoms with van der Waals surface area (Å²) in [6.45, 7) is 4.80. The second-order valence-electron chi connectivity index (χ2n) is 6.41. The second kappa shape index (κ2) is 8.02. The number of rotatable bonds is 6. The largest absolute Gasteiger partial charge is 0.388 e. The Hall–Kier alpha value is -1.55. The van der Waals surface area contributed by atoms with Crippen molar-refractivity contribution in [2.45, 2.75) is 19.4 Å². The zero-order valence-electron chi connectivity index (χ0n) is 14.3. The van der Waals surface area contributed by atoms with Gasteiger partial charge in [-0.15, -0.1) is 0 Å². The van der Waals surface area contributed by atoms with Gasteiger partial charge in [-0.1, -0.05) is 35.9 Å². The molecule has 2 aromatic rings. The Kier molecular flexibility index (Phi) is 5.77. The lowest BCUT2D eigenvalue weighted by molar-refractivity contribution is 0.185. The fourth-order valence-corrected chi connectivity index (χ4v) is 3.58. The van der Waals surface area contributed by atoms with Crippen LogP contribution in [0.1, 0.15) is 29.2 Å². The van der Waals surface area contributed by atoms with Crippen LogP contribution in [-0.2, 0) is 4.74 Å². The normalized spacial score (nSPS) is 18.5. The third-order valence-corrected chi connectivity index (χ3v) is 4.95. The van der Waals surface area contributed by atoms with Gasteiger partial charge in [-0.3, -0.25) is 0 Å². The van der Waals surface area contributed by atoms with Gasteiger partial charge in [0.15, 0.2) is 0 Å². The van der Waals surface area contributed by atoms with E-state index >= 15 is 0 Å². The predicted molar refractivity (Wildman–Crippen MR) is 101 cm³/mol. The van der Waals surface area contributed by atoms with Gasteiger partial charge >= 0.3 is 0 Å². The molecule has 0 radical (unpaired) electrons. The molecule has 2 unspecified atom stereocenters. The minimum Gasteiger partial charge on any atom is -0.388 e. The van der Waals surface area contributed by atoms with E-state index in [-0.39, 0.29) is 6.04 Å². The van der Waals surface area contributed by atoms with Crippen molar-refractivity contribution in [3.8, 4) is 0 Å². The highest BCUT2D eigenvalue weighted by molar-refractivity contribution is 6.30. The van der Waals surface area contributed by atoms with Crippen molar-refractivity contribution in [1.82, 2.24) is 5.32 Å². The van der Waals surface area contributed by atoms with Crippen LogP contribution < -0.4 is 10.6 Å². The SMILES string of the molecule is CNc1ccccc1C(NCC1CCOC1)c1ccc(Cl)cc1C. The standard InChI is InChI=1S/C20H25ClN2O/c1-14-11-16(21)7-8-17(14)20(23-12-15-9-10-24-13-15)18-5-3-4-6-19(18)22-2/h3-8,11,15,20,22-23H,9-10,12-13H2,1-2H3. The minimum atomic E-state index is 0.131. The summed E-state index contributed by atoms with van der Waals surface area (Å²) < 4.78 is 5.52. The molecule has 24 heavy (non-hydrogen) atoms. The molecule has 128 valence electrons. The maximum Gasteiger partial charge on any atom is 0.0599 e. The Morgan fingerprint density at radius 3 is 2.75 bits per heavy atom. The van der Waals surface area contributed by atoms with E-state index < -0.39 is 0 Å². The topological polar surface area (TPSA) is 33.3 Å². The van der Waals surface area contributed by atoms with Gasteiger partial charge < -0.3 is 15.4 Å². The van der Waals surface area contributed by atoms with E-state index in [0.717, 1.165) is 36.9 Å². The smallest absolute Gasteiger partial charge is 0.0599 e. The molecule has 0 saturated carbocycles. The first-order chi connectivity index (χ1) is 11.7. The van der Waals surface area contributed by atoms with Crippen molar-refractivity contribution in [2.75, 3.05) is 32.1 Å². The predicted octanol–water partition coefficient (Wildman–Crippen LogP) is 4.41. The van der Waals surface area contributed by atoms with E-state index in [1.807, 2.05) is 19.2 Å². The molecule has 2 aromatic carbocycles. The lowest BCUT2D eigenvalue weighted by atomic mass is 9.93. The van der Waals surface area contributed by atoms with Crippen LogP contribution in [0.3, 0.4) is 0 Å². The third-order valence-electron chi connectivity index (χ3n) is 4.72. The van der Waals surface area contributed by atoms with Crippen molar-refractivity contribution in [1.29, 1.82) is 0 Å². The summed E-state index contributed by atoms with van der Waals surface area (Å²) in [6, 6.07) is 14.7. The first-order valence-corrected chi connectivity index (χ1v) is 8.90. The number of ether oxygens (including phenoxy) is 1. The summed E-state index contributed by atoms with van der Waals surface area (Å²) in [4.78, 5) is 0. The molecular weight excluding hydrogens is 320 g/mol. The van der Waals surface area contributed by atoms with Crippen LogP contribution in [0.25, 0.3) is 0 Å². The summed E-state index contributed by atoms with van der Waals surface area (Å²) in [6.07, 6.45) is 1.13. The molecule has 1 heterocycles. The fourth-order valence-electron chi connectivity index (χ4n) is 3.36. The summed E-state index contributed by atoms with van der Waals surface area (Å²) in [5, 5.41) is 7.86. The second-order valence-corrected chi connectivity index (χ2v) is 6.85. The number of para-hydroxylation sites is 1. The van der Waals surface area contributed by atoms with E-state index in [0.29, 0.717) is 5.92 Å². The molecule has 3 nitrogen and oxygen atoms in total. The zero-order chi connectivity index (χ0) is 16.9. The summed E-state index contributed by atoms with van der Waals surface area (Å²) in [5.74, 6) is 0.585. The molecule has 0 amide bonds. The Morgan fingerprint density at radius 1 is 1.21 bits per heavy atom. The molecule has 1 aliphatic rings. The fraction of sp³-hybridized carbons (Fsp3) is 0.400. The van der Waals surface area contributed by atoms with Crippen LogP contribution in [-0.4, -0.2) is 26.8 Å². The Bertz CT molecular complexity index is 683. The van der Waals surface area contributed by atoms with Gasteiger partial charge in [0.1, 0.15) is 0 Å². The van der Waals surface area contributed by atoms with E-state index in [4.69, 9.17) is 16.3 Å². The molecule has 4 heteroatoms. The van der Waals surface area contributed by atoms with E-state index in [1.54, 1.807) is 0 Å². The molecule has 1 aliphatic heterocycles. The van der Waals surface area contributed by atoms with Gasteiger partial charge in [-0.2, -0.15) is 0 Å². The first-order valence-electron chi connectivity index (χ1n) is 8.53. The zero-order valence-corrected chi connectivity index (χ0v) is 15.1. The quantitative estimate of drug-likeness (QED) is 0.814. The molecule has 0 aliphatic carbocycles. The maximum atomic E-state index is 6.16. The van der Waals surface area contributed by atoms with Crippen LogP contribution in [0.15, 0.2) is 42.5 Å². The van der Waals surface area contributed by atoms with Crippen molar-refractivity contribution in [2.24, 2.45) is 5.92 Å². The van der Waals surface area contributed by atoms with Crippen molar-refractivity contribution >= 4 is 17.3 Å². The third kappa shape index (κ3) is 3.92. The van der Waals surface area contributed by atoms with Crippen molar-refractivity contribution in [3.05, 3.63) is 64.2 Å². The van der Waals surface area contributed by atoms with E-state index in [9.17, 15) is 0 Å². The maximum absolute atomic E-state index is 6.16. The number of halogens is 1. The molecule has 0 spiro atoms. The molecule has 2 atom stereocenters. The molecule has 0 aromatic heterocycles. The van der Waals surface area contributed by atoms with Gasteiger partial charge in [0.05, 0.1) is 12.6 Å². The van der Waals surface area contributed by atoms with E-state index in [1.165, 1.54) is 16.7 Å². The lowest BCUT2D eigenvalue weighted by Crippen LogP contribution is -2.29. The Labute approximate surface area is 149 Å². The highest BCUT2D eigenvalue weighted by Gasteiger charge is 2.22. The molecule has 0 bridgehead atoms. The number of benzene rings is 2. The van der Waals surface area contributed by atoms with Crippen LogP contribution in [0.4, 0.5) is 5.69 Å². The Morgan fingerprint density at radius 2 is 2.04 bits per heavy atom. The molecular formula is C20H25ClN2O. The van der Waals surface area contributed by atoms with Crippen molar-refractivity contribution in [3.63, 3.8) is 0 Å². The number of nitrogens with one attached hydrogen (secondary N) is 2. The van der Waals surface area contributed by atoms with Gasteiger partial charge in [0.2, 0.25) is 0 Å². The molecule has 1 fully saturated rings.